The highest BCUT2D eigenvalue weighted by Crippen LogP contribution is 2.32. The summed E-state index contributed by atoms with van der Waals surface area (Å²) in [6, 6.07) is 7.78. The Hall–Kier alpha value is -1.84. The summed E-state index contributed by atoms with van der Waals surface area (Å²) in [5, 5.41) is 0. The van der Waals surface area contributed by atoms with Gasteiger partial charge in [0.1, 0.15) is 5.82 Å². The minimum absolute atomic E-state index is 0.0991. The lowest BCUT2D eigenvalue weighted by Gasteiger charge is -2.09. The van der Waals surface area contributed by atoms with E-state index in [0.717, 1.165) is 23.9 Å². The Morgan fingerprint density at radius 3 is 2.94 bits per heavy atom. The van der Waals surface area contributed by atoms with Crippen molar-refractivity contribution < 1.29 is 9.53 Å². The van der Waals surface area contributed by atoms with Crippen LogP contribution in [0.4, 0.5) is 0 Å². The van der Waals surface area contributed by atoms with Crippen molar-refractivity contribution in [2.75, 3.05) is 0 Å². The first-order valence-electron chi connectivity index (χ1n) is 5.89. The molecule has 1 aliphatic rings. The van der Waals surface area contributed by atoms with Gasteiger partial charge in [0, 0.05) is 0 Å². The van der Waals surface area contributed by atoms with E-state index in [4.69, 9.17) is 4.74 Å². The van der Waals surface area contributed by atoms with E-state index in [9.17, 15) is 4.79 Å². The van der Waals surface area contributed by atoms with E-state index in [-0.39, 0.29) is 18.0 Å². The number of aromatic nitrogens is 2. The molecule has 0 aliphatic heterocycles. The van der Waals surface area contributed by atoms with Gasteiger partial charge in [-0.05, 0) is 31.9 Å². The molecule has 2 aromatic rings. The molecular formula is C13H14N2O2. The fourth-order valence-electron chi connectivity index (χ4n) is 1.81. The van der Waals surface area contributed by atoms with E-state index in [1.807, 2.05) is 31.2 Å². The maximum atomic E-state index is 11.5. The highest BCUT2D eigenvalue weighted by molar-refractivity contribution is 5.76. The minimum Gasteiger partial charge on any atom is -0.454 e. The molecule has 3 rings (SSSR count). The summed E-state index contributed by atoms with van der Waals surface area (Å²) < 4.78 is 5.36. The van der Waals surface area contributed by atoms with Crippen LogP contribution in [0.1, 0.15) is 31.7 Å². The smallest absolute Gasteiger partial charge is 0.309 e. The fraction of sp³-hybridized carbons (Fsp3) is 0.385. The maximum Gasteiger partial charge on any atom is 0.309 e. The Morgan fingerprint density at radius 1 is 1.47 bits per heavy atom. The number of esters is 1. The van der Waals surface area contributed by atoms with Gasteiger partial charge in [-0.1, -0.05) is 12.1 Å². The van der Waals surface area contributed by atoms with Crippen molar-refractivity contribution >= 4 is 17.0 Å². The third-order valence-corrected chi connectivity index (χ3v) is 3.00. The fourth-order valence-corrected chi connectivity index (χ4v) is 1.81. The van der Waals surface area contributed by atoms with Crippen LogP contribution in [-0.4, -0.2) is 15.9 Å². The van der Waals surface area contributed by atoms with Crippen LogP contribution in [0.2, 0.25) is 0 Å². The van der Waals surface area contributed by atoms with Crippen LogP contribution in [0.3, 0.4) is 0 Å². The number of imidazole rings is 1. The van der Waals surface area contributed by atoms with Gasteiger partial charge in [0.05, 0.1) is 17.0 Å². The molecule has 0 spiro atoms. The molecule has 4 heteroatoms. The molecule has 1 atom stereocenters. The van der Waals surface area contributed by atoms with E-state index in [0.29, 0.717) is 5.82 Å². The number of hydrogen-bond donors (Lipinski definition) is 1. The van der Waals surface area contributed by atoms with Crippen molar-refractivity contribution in [1.29, 1.82) is 0 Å². The molecule has 4 nitrogen and oxygen atoms in total. The molecule has 1 aromatic heterocycles. The number of rotatable bonds is 3. The van der Waals surface area contributed by atoms with Crippen LogP contribution in [0.15, 0.2) is 24.3 Å². The average molecular weight is 230 g/mol. The Kier molecular flexibility index (Phi) is 2.35. The van der Waals surface area contributed by atoms with E-state index in [1.54, 1.807) is 0 Å². The van der Waals surface area contributed by atoms with Gasteiger partial charge in [-0.15, -0.1) is 0 Å². The second kappa shape index (κ2) is 3.87. The largest absolute Gasteiger partial charge is 0.454 e. The molecule has 88 valence electrons. The molecule has 1 aliphatic carbocycles. The van der Waals surface area contributed by atoms with Crippen molar-refractivity contribution in [2.24, 2.45) is 5.92 Å². The number of ether oxygens (including phenoxy) is 1. The summed E-state index contributed by atoms with van der Waals surface area (Å²) in [6.45, 7) is 1.85. The monoisotopic (exact) mass is 230 g/mol. The predicted octanol–water partition coefficient (Wildman–Crippen LogP) is 2.58. The molecule has 0 bridgehead atoms. The molecule has 0 amide bonds. The van der Waals surface area contributed by atoms with Crippen molar-refractivity contribution in [3.63, 3.8) is 0 Å². The molecular weight excluding hydrogens is 216 g/mol. The number of carbonyl (C=O) groups excluding carboxylic acids is 1. The summed E-state index contributed by atoms with van der Waals surface area (Å²) in [6.07, 6.45) is 1.62. The molecule has 1 heterocycles. The molecule has 1 N–H and O–H groups in total. The Balaban J connectivity index is 1.79. The SMILES string of the molecule is C[C@@H](OC(=O)C1CC1)c1nc2ccccc2[nH]1. The Labute approximate surface area is 99.0 Å². The highest BCUT2D eigenvalue weighted by Gasteiger charge is 2.32. The van der Waals surface area contributed by atoms with Gasteiger partial charge in [-0.3, -0.25) is 4.79 Å². The third kappa shape index (κ3) is 2.02. The minimum atomic E-state index is -0.310. The van der Waals surface area contributed by atoms with Gasteiger partial charge >= 0.3 is 5.97 Å². The van der Waals surface area contributed by atoms with Gasteiger partial charge in [-0.2, -0.15) is 0 Å². The van der Waals surface area contributed by atoms with Crippen LogP contribution in [0, 0.1) is 5.92 Å². The van der Waals surface area contributed by atoms with Crippen LogP contribution in [0.5, 0.6) is 0 Å². The average Bonchev–Trinajstić information content (AvgIpc) is 3.08. The number of para-hydroxylation sites is 2. The zero-order valence-electron chi connectivity index (χ0n) is 9.64. The summed E-state index contributed by atoms with van der Waals surface area (Å²) in [5.74, 6) is 0.736. The molecule has 1 aromatic carbocycles. The van der Waals surface area contributed by atoms with Gasteiger partial charge in [0.25, 0.3) is 0 Å². The lowest BCUT2D eigenvalue weighted by atomic mass is 10.3. The van der Waals surface area contributed by atoms with Crippen molar-refractivity contribution in [3.05, 3.63) is 30.1 Å². The first kappa shape index (κ1) is 10.3. The molecule has 1 saturated carbocycles. The zero-order chi connectivity index (χ0) is 11.8. The molecule has 0 unspecified atom stereocenters. The zero-order valence-corrected chi connectivity index (χ0v) is 9.64. The number of H-pyrrole nitrogens is 1. The van der Waals surface area contributed by atoms with Crippen LogP contribution >= 0.6 is 0 Å². The van der Waals surface area contributed by atoms with Crippen molar-refractivity contribution in [2.45, 2.75) is 25.9 Å². The molecule has 17 heavy (non-hydrogen) atoms. The summed E-state index contributed by atoms with van der Waals surface area (Å²) in [7, 11) is 0. The standard InChI is InChI=1S/C13H14N2O2/c1-8(17-13(16)9-6-7-9)12-14-10-4-2-3-5-11(10)15-12/h2-5,8-9H,6-7H2,1H3,(H,14,15)/t8-/m1/s1. The van der Waals surface area contributed by atoms with E-state index < -0.39 is 0 Å². The second-order valence-corrected chi connectivity index (χ2v) is 4.49. The van der Waals surface area contributed by atoms with Gasteiger partial charge in [-0.25, -0.2) is 4.98 Å². The van der Waals surface area contributed by atoms with E-state index in [1.165, 1.54) is 0 Å². The van der Waals surface area contributed by atoms with Crippen LogP contribution < -0.4 is 0 Å². The lowest BCUT2D eigenvalue weighted by Crippen LogP contribution is -2.11. The van der Waals surface area contributed by atoms with Gasteiger partial charge in [0.2, 0.25) is 0 Å². The topological polar surface area (TPSA) is 55.0 Å². The number of hydrogen-bond acceptors (Lipinski definition) is 3. The number of aromatic amines is 1. The van der Waals surface area contributed by atoms with Gasteiger partial charge in [0.15, 0.2) is 6.10 Å². The Morgan fingerprint density at radius 2 is 2.24 bits per heavy atom. The number of benzene rings is 1. The number of nitrogens with one attached hydrogen (secondary N) is 1. The molecule has 0 radical (unpaired) electrons. The first-order valence-corrected chi connectivity index (χ1v) is 5.89. The maximum absolute atomic E-state index is 11.5. The van der Waals surface area contributed by atoms with Crippen LogP contribution in [0.25, 0.3) is 11.0 Å². The molecule has 0 saturated heterocycles. The van der Waals surface area contributed by atoms with E-state index in [2.05, 4.69) is 9.97 Å². The number of nitrogens with zero attached hydrogens (tertiary/aromatic N) is 1. The third-order valence-electron chi connectivity index (χ3n) is 3.00. The van der Waals surface area contributed by atoms with Crippen molar-refractivity contribution in [1.82, 2.24) is 9.97 Å². The number of fused-ring (bicyclic) bond motifs is 1. The highest BCUT2D eigenvalue weighted by atomic mass is 16.5. The quantitative estimate of drug-likeness (QED) is 0.824. The molecule has 1 fully saturated rings. The predicted molar refractivity (Wildman–Crippen MR) is 63.3 cm³/mol. The normalized spacial score (nSPS) is 17.0. The lowest BCUT2D eigenvalue weighted by molar-refractivity contribution is -0.150. The van der Waals surface area contributed by atoms with E-state index >= 15 is 0 Å². The summed E-state index contributed by atoms with van der Waals surface area (Å²) in [4.78, 5) is 19.1. The van der Waals surface area contributed by atoms with Crippen molar-refractivity contribution in [3.8, 4) is 0 Å². The first-order chi connectivity index (χ1) is 8.24. The summed E-state index contributed by atoms with van der Waals surface area (Å²) in [5.41, 5.74) is 1.87. The Bertz CT molecular complexity index is 524. The number of carbonyl (C=O) groups is 1. The van der Waals surface area contributed by atoms with Crippen LogP contribution in [-0.2, 0) is 9.53 Å². The van der Waals surface area contributed by atoms with Gasteiger partial charge < -0.3 is 9.72 Å². The summed E-state index contributed by atoms with van der Waals surface area (Å²) >= 11 is 0. The second-order valence-electron chi connectivity index (χ2n) is 4.49.